The second-order valence-corrected chi connectivity index (χ2v) is 5.87. The molecule has 7 nitrogen and oxygen atoms in total. The van der Waals surface area contributed by atoms with Crippen molar-refractivity contribution in [1.29, 1.82) is 0 Å². The minimum Gasteiger partial charge on any atom is -0.492 e. The quantitative estimate of drug-likeness (QED) is 0.815. The van der Waals surface area contributed by atoms with Crippen molar-refractivity contribution in [3.8, 4) is 5.75 Å². The largest absolute Gasteiger partial charge is 0.492 e. The van der Waals surface area contributed by atoms with Gasteiger partial charge in [0.05, 0.1) is 19.3 Å². The third-order valence-electron chi connectivity index (χ3n) is 3.93. The Labute approximate surface area is 145 Å². The molecule has 0 spiro atoms. The lowest BCUT2D eigenvalue weighted by atomic mass is 10.2. The summed E-state index contributed by atoms with van der Waals surface area (Å²) in [6.45, 7) is 4.06. The van der Waals surface area contributed by atoms with Crippen LogP contribution in [0, 0.1) is 0 Å². The van der Waals surface area contributed by atoms with E-state index in [2.05, 4.69) is 5.10 Å². The van der Waals surface area contributed by atoms with Crippen molar-refractivity contribution in [2.75, 3.05) is 26.3 Å². The minimum atomic E-state index is -0.261. The number of morpholine rings is 1. The first-order chi connectivity index (χ1) is 12.1. The van der Waals surface area contributed by atoms with E-state index < -0.39 is 0 Å². The van der Waals surface area contributed by atoms with Crippen LogP contribution < -0.4 is 10.3 Å². The molecule has 1 unspecified atom stereocenters. The molecule has 132 valence electrons. The van der Waals surface area contributed by atoms with Gasteiger partial charge in [-0.15, -0.1) is 0 Å². The Morgan fingerprint density at radius 3 is 2.84 bits per heavy atom. The first-order valence-electron chi connectivity index (χ1n) is 8.30. The van der Waals surface area contributed by atoms with Crippen LogP contribution >= 0.6 is 0 Å². The van der Waals surface area contributed by atoms with Crippen LogP contribution in [0.2, 0.25) is 0 Å². The highest BCUT2D eigenvalue weighted by molar-refractivity contribution is 5.92. The Morgan fingerprint density at radius 1 is 1.28 bits per heavy atom. The number of hydrogen-bond acceptors (Lipinski definition) is 5. The van der Waals surface area contributed by atoms with Crippen molar-refractivity contribution in [1.82, 2.24) is 14.7 Å². The van der Waals surface area contributed by atoms with E-state index in [0.29, 0.717) is 26.3 Å². The summed E-state index contributed by atoms with van der Waals surface area (Å²) in [6.07, 6.45) is 0.00266. The number of rotatable bonds is 5. The maximum atomic E-state index is 12.6. The van der Waals surface area contributed by atoms with Gasteiger partial charge in [0.2, 0.25) is 0 Å². The van der Waals surface area contributed by atoms with Gasteiger partial charge >= 0.3 is 0 Å². The van der Waals surface area contributed by atoms with E-state index in [-0.39, 0.29) is 29.8 Å². The normalized spacial score (nSPS) is 17.3. The van der Waals surface area contributed by atoms with Gasteiger partial charge < -0.3 is 14.4 Å². The van der Waals surface area contributed by atoms with Gasteiger partial charge in [0.25, 0.3) is 11.5 Å². The van der Waals surface area contributed by atoms with Gasteiger partial charge in [0.1, 0.15) is 18.1 Å². The summed E-state index contributed by atoms with van der Waals surface area (Å²) >= 11 is 0. The number of benzene rings is 1. The molecule has 7 heteroatoms. The van der Waals surface area contributed by atoms with Crippen LogP contribution in [0.4, 0.5) is 0 Å². The lowest BCUT2D eigenvalue weighted by Crippen LogP contribution is -2.45. The van der Waals surface area contributed by atoms with Gasteiger partial charge in [-0.3, -0.25) is 9.59 Å². The van der Waals surface area contributed by atoms with Crippen LogP contribution in [0.15, 0.2) is 47.3 Å². The molecule has 1 amide bonds. The molecule has 0 radical (unpaired) electrons. The van der Waals surface area contributed by atoms with E-state index in [0.717, 1.165) is 5.75 Å². The van der Waals surface area contributed by atoms with Crippen LogP contribution in [0.1, 0.15) is 17.4 Å². The van der Waals surface area contributed by atoms with Crippen LogP contribution in [0.5, 0.6) is 5.75 Å². The zero-order valence-corrected chi connectivity index (χ0v) is 14.1. The lowest BCUT2D eigenvalue weighted by Gasteiger charge is -2.30. The number of hydrogen-bond donors (Lipinski definition) is 0. The fourth-order valence-corrected chi connectivity index (χ4v) is 2.65. The molecule has 1 atom stereocenters. The molecular weight excluding hydrogens is 322 g/mol. The second-order valence-electron chi connectivity index (χ2n) is 5.87. The Hall–Kier alpha value is -2.67. The van der Waals surface area contributed by atoms with E-state index >= 15 is 0 Å². The van der Waals surface area contributed by atoms with Gasteiger partial charge in [-0.2, -0.15) is 5.10 Å². The van der Waals surface area contributed by atoms with E-state index in [4.69, 9.17) is 9.47 Å². The van der Waals surface area contributed by atoms with Crippen molar-refractivity contribution < 1.29 is 14.3 Å². The van der Waals surface area contributed by atoms with E-state index in [1.165, 1.54) is 16.8 Å². The zero-order valence-electron chi connectivity index (χ0n) is 14.1. The third-order valence-corrected chi connectivity index (χ3v) is 3.93. The van der Waals surface area contributed by atoms with Crippen molar-refractivity contribution in [3.05, 3.63) is 58.5 Å². The molecule has 0 N–H and O–H groups in total. The molecule has 2 aromatic rings. The Kier molecular flexibility index (Phi) is 5.45. The Balaban J connectivity index is 1.65. The molecule has 1 fully saturated rings. The maximum absolute atomic E-state index is 12.6. The number of ether oxygens (including phenoxy) is 2. The monoisotopic (exact) mass is 343 g/mol. The Bertz CT molecular complexity index is 775. The minimum absolute atomic E-state index is 0.00266. The molecular formula is C18H21N3O4. The topological polar surface area (TPSA) is 73.7 Å². The molecule has 25 heavy (non-hydrogen) atoms. The molecule has 2 heterocycles. The number of amides is 1. The number of nitrogens with zero attached hydrogens (tertiary/aromatic N) is 3. The lowest BCUT2D eigenvalue weighted by molar-refractivity contribution is -0.0127. The number of carbonyl (C=O) groups excluding carboxylic acids is 1. The van der Waals surface area contributed by atoms with Crippen molar-refractivity contribution in [2.24, 2.45) is 0 Å². The van der Waals surface area contributed by atoms with E-state index in [9.17, 15) is 9.59 Å². The molecule has 0 saturated carbocycles. The Morgan fingerprint density at radius 2 is 2.08 bits per heavy atom. The summed E-state index contributed by atoms with van der Waals surface area (Å²) < 4.78 is 12.3. The van der Waals surface area contributed by atoms with Gasteiger partial charge in [0, 0.05) is 19.2 Å². The summed E-state index contributed by atoms with van der Waals surface area (Å²) in [6, 6.07) is 12.2. The average Bonchev–Trinajstić information content (AvgIpc) is 2.63. The highest BCUT2D eigenvalue weighted by Gasteiger charge is 2.23. The van der Waals surface area contributed by atoms with Crippen LogP contribution in [-0.2, 0) is 11.3 Å². The van der Waals surface area contributed by atoms with Crippen LogP contribution in [0.3, 0.4) is 0 Å². The summed E-state index contributed by atoms with van der Waals surface area (Å²) in [4.78, 5) is 26.2. The molecule has 0 bridgehead atoms. The number of carbonyl (C=O) groups is 1. The summed E-state index contributed by atoms with van der Waals surface area (Å²) in [5.41, 5.74) is -0.00281. The number of para-hydroxylation sites is 1. The predicted molar refractivity (Wildman–Crippen MR) is 91.8 cm³/mol. The van der Waals surface area contributed by atoms with Gasteiger partial charge in [-0.25, -0.2) is 4.68 Å². The molecule has 1 aliphatic heterocycles. The average molecular weight is 343 g/mol. The summed E-state index contributed by atoms with van der Waals surface area (Å²) in [7, 11) is 0. The zero-order chi connectivity index (χ0) is 17.6. The molecule has 3 rings (SSSR count). The van der Waals surface area contributed by atoms with Crippen molar-refractivity contribution in [2.45, 2.75) is 19.6 Å². The van der Waals surface area contributed by atoms with Crippen LogP contribution in [-0.4, -0.2) is 53.0 Å². The highest BCUT2D eigenvalue weighted by Crippen LogP contribution is 2.09. The van der Waals surface area contributed by atoms with Crippen molar-refractivity contribution >= 4 is 5.91 Å². The third kappa shape index (κ3) is 4.45. The fraction of sp³-hybridized carbons (Fsp3) is 0.389. The fourth-order valence-electron chi connectivity index (χ4n) is 2.65. The molecule has 1 saturated heterocycles. The molecule has 1 aliphatic rings. The molecule has 0 aliphatic carbocycles. The predicted octanol–water partition coefficient (Wildman–Crippen LogP) is 1.18. The second kappa shape index (κ2) is 7.94. The van der Waals surface area contributed by atoms with Gasteiger partial charge in [-0.05, 0) is 25.1 Å². The van der Waals surface area contributed by atoms with Gasteiger partial charge in [0.15, 0.2) is 0 Å². The van der Waals surface area contributed by atoms with E-state index in [1.54, 1.807) is 4.90 Å². The standard InChI is InChI=1S/C18H21N3O4/c1-14-13-20(9-11-24-14)18(23)16-7-8-17(22)21(19-16)10-12-25-15-5-3-2-4-6-15/h2-8,14H,9-13H2,1H3. The summed E-state index contributed by atoms with van der Waals surface area (Å²) in [5.74, 6) is 0.540. The van der Waals surface area contributed by atoms with E-state index in [1.807, 2.05) is 37.3 Å². The SMILES string of the molecule is CC1CN(C(=O)c2ccc(=O)n(CCOc3ccccc3)n2)CCO1. The first kappa shape index (κ1) is 17.2. The van der Waals surface area contributed by atoms with Crippen molar-refractivity contribution in [3.63, 3.8) is 0 Å². The number of aromatic nitrogens is 2. The molecule has 1 aromatic carbocycles. The smallest absolute Gasteiger partial charge is 0.274 e. The van der Waals surface area contributed by atoms with Gasteiger partial charge in [-0.1, -0.05) is 18.2 Å². The first-order valence-corrected chi connectivity index (χ1v) is 8.30. The maximum Gasteiger partial charge on any atom is 0.274 e. The highest BCUT2D eigenvalue weighted by atomic mass is 16.5. The molecule has 1 aromatic heterocycles. The van der Waals surface area contributed by atoms with Crippen LogP contribution in [0.25, 0.3) is 0 Å². The summed E-state index contributed by atoms with van der Waals surface area (Å²) in [5, 5.41) is 4.20.